The number of rotatable bonds is 13. The molecule has 6 rings (SSSR count). The van der Waals surface area contributed by atoms with Gasteiger partial charge in [0, 0.05) is 33.8 Å². The SMILES string of the molecule is CCCCC(=O)c1cccc(Nc2nc(F)nc(Nc3cc(S(=O)(=O)O)cc4ccc(N=Nc5ccc6c(S(=O)(=O)O)cccc6c5S(=O)(=O)O)c(O)c34)n2)c1. The maximum atomic E-state index is 14.7. The van der Waals surface area contributed by atoms with Crippen LogP contribution in [0.1, 0.15) is 36.5 Å². The predicted octanol–water partition coefficient (Wildman–Crippen LogP) is 7.04. The van der Waals surface area contributed by atoms with E-state index in [9.17, 15) is 53.2 Å². The van der Waals surface area contributed by atoms with E-state index in [4.69, 9.17) is 0 Å². The Labute approximate surface area is 317 Å². The summed E-state index contributed by atoms with van der Waals surface area (Å²) in [7, 11) is -14.8. The third-order valence-electron chi connectivity index (χ3n) is 8.15. The van der Waals surface area contributed by atoms with E-state index >= 15 is 0 Å². The summed E-state index contributed by atoms with van der Waals surface area (Å²) in [5.74, 6) is -1.64. The molecule has 18 nitrogen and oxygen atoms in total. The van der Waals surface area contributed by atoms with Crippen LogP contribution in [0.5, 0.6) is 5.75 Å². The Hall–Kier alpha value is -6.04. The van der Waals surface area contributed by atoms with Gasteiger partial charge in [-0.1, -0.05) is 49.7 Å². The summed E-state index contributed by atoms with van der Waals surface area (Å²) < 4.78 is 118. The highest BCUT2D eigenvalue weighted by molar-refractivity contribution is 7.86. The first-order valence-electron chi connectivity index (χ1n) is 16.1. The Morgan fingerprint density at radius 3 is 2.11 bits per heavy atom. The zero-order chi connectivity index (χ0) is 40.6. The van der Waals surface area contributed by atoms with Gasteiger partial charge in [-0.25, -0.2) is 0 Å². The highest BCUT2D eigenvalue weighted by Crippen LogP contribution is 2.43. The molecule has 0 fully saturated rings. The van der Waals surface area contributed by atoms with E-state index in [2.05, 4.69) is 35.8 Å². The molecule has 0 atom stereocenters. The van der Waals surface area contributed by atoms with Gasteiger partial charge in [-0.3, -0.25) is 18.5 Å². The number of hydrogen-bond donors (Lipinski definition) is 6. The number of anilines is 4. The Kier molecular flexibility index (Phi) is 10.8. The number of fused-ring (bicyclic) bond motifs is 2. The Morgan fingerprint density at radius 1 is 0.750 bits per heavy atom. The largest absolute Gasteiger partial charge is 0.505 e. The van der Waals surface area contributed by atoms with Crippen molar-refractivity contribution in [3.8, 4) is 5.75 Å². The third-order valence-corrected chi connectivity index (χ3v) is 10.8. The van der Waals surface area contributed by atoms with Crippen LogP contribution in [0.4, 0.5) is 39.0 Å². The van der Waals surface area contributed by atoms with E-state index < -0.39 is 68.5 Å². The number of carbonyl (C=O) groups is 1. The number of ketones is 1. The van der Waals surface area contributed by atoms with Gasteiger partial charge in [0.1, 0.15) is 21.2 Å². The van der Waals surface area contributed by atoms with Gasteiger partial charge >= 0.3 is 6.08 Å². The summed E-state index contributed by atoms with van der Waals surface area (Å²) in [6.07, 6.45) is 0.557. The lowest BCUT2D eigenvalue weighted by Crippen LogP contribution is -2.07. The highest BCUT2D eigenvalue weighted by atomic mass is 32.2. The molecular formula is C34H28FN7O11S3. The average Bonchev–Trinajstić information content (AvgIpc) is 3.11. The summed E-state index contributed by atoms with van der Waals surface area (Å²) in [4.78, 5) is 21.7. The molecular weight excluding hydrogens is 798 g/mol. The van der Waals surface area contributed by atoms with E-state index in [1.165, 1.54) is 12.1 Å². The quantitative estimate of drug-likeness (QED) is 0.0387. The van der Waals surface area contributed by atoms with Gasteiger partial charge in [-0.05, 0) is 54.3 Å². The first-order chi connectivity index (χ1) is 26.3. The molecule has 0 unspecified atom stereocenters. The van der Waals surface area contributed by atoms with Gasteiger partial charge in [0.05, 0.1) is 10.6 Å². The molecule has 1 aromatic heterocycles. The van der Waals surface area contributed by atoms with E-state index in [1.807, 2.05) is 6.92 Å². The second-order valence-corrected chi connectivity index (χ2v) is 16.2. The second kappa shape index (κ2) is 15.2. The number of halogens is 1. The minimum Gasteiger partial charge on any atom is -0.505 e. The summed E-state index contributed by atoms with van der Waals surface area (Å²) in [6, 6.07) is 16.0. The number of unbranched alkanes of at least 4 members (excludes halogenated alkanes) is 1. The molecule has 290 valence electrons. The Bertz CT molecular complexity index is 2950. The van der Waals surface area contributed by atoms with Gasteiger partial charge in [0.25, 0.3) is 30.4 Å². The van der Waals surface area contributed by atoms with E-state index in [0.29, 0.717) is 24.1 Å². The number of carbonyl (C=O) groups excluding carboxylic acids is 1. The van der Waals surface area contributed by atoms with Gasteiger partial charge in [-0.2, -0.15) is 44.6 Å². The number of Topliss-reactive ketones (excluding diaryl/α,β-unsaturated/α-hetero) is 1. The number of aromatic nitrogens is 3. The van der Waals surface area contributed by atoms with Crippen molar-refractivity contribution in [1.29, 1.82) is 0 Å². The maximum absolute atomic E-state index is 14.7. The van der Waals surface area contributed by atoms with Crippen molar-refractivity contribution in [2.75, 3.05) is 10.6 Å². The van der Waals surface area contributed by atoms with Crippen molar-refractivity contribution in [1.82, 2.24) is 15.0 Å². The molecule has 6 aromatic rings. The van der Waals surface area contributed by atoms with Crippen LogP contribution >= 0.6 is 0 Å². The summed E-state index contributed by atoms with van der Waals surface area (Å²) in [5, 5.41) is 23.7. The molecule has 56 heavy (non-hydrogen) atoms. The topological polar surface area (TPSA) is 288 Å². The highest BCUT2D eigenvalue weighted by Gasteiger charge is 2.24. The van der Waals surface area contributed by atoms with Crippen LogP contribution < -0.4 is 10.6 Å². The number of phenols is 1. The average molecular weight is 826 g/mol. The van der Waals surface area contributed by atoms with Gasteiger partial charge < -0.3 is 15.7 Å². The smallest absolute Gasteiger partial charge is 0.315 e. The van der Waals surface area contributed by atoms with Gasteiger partial charge in [0.15, 0.2) is 11.5 Å². The number of hydrogen-bond acceptors (Lipinski definition) is 15. The molecule has 0 spiro atoms. The van der Waals surface area contributed by atoms with Crippen LogP contribution in [0.15, 0.2) is 104 Å². The molecule has 0 aliphatic rings. The van der Waals surface area contributed by atoms with Crippen LogP contribution in [0.2, 0.25) is 0 Å². The number of nitrogens with one attached hydrogen (secondary N) is 2. The molecule has 6 N–H and O–H groups in total. The number of aromatic hydroxyl groups is 1. The maximum Gasteiger partial charge on any atom is 0.315 e. The van der Waals surface area contributed by atoms with Crippen molar-refractivity contribution >= 4 is 92.3 Å². The van der Waals surface area contributed by atoms with E-state index in [-0.39, 0.29) is 44.7 Å². The molecule has 0 bridgehead atoms. The fraction of sp³-hybridized carbons (Fsp3) is 0.118. The lowest BCUT2D eigenvalue weighted by Gasteiger charge is -2.14. The zero-order valence-electron chi connectivity index (χ0n) is 28.6. The van der Waals surface area contributed by atoms with Crippen LogP contribution in [0, 0.1) is 6.08 Å². The van der Waals surface area contributed by atoms with Crippen LogP contribution in [0.3, 0.4) is 0 Å². The second-order valence-electron chi connectivity index (χ2n) is 12.0. The summed E-state index contributed by atoms with van der Waals surface area (Å²) in [6.45, 7) is 1.95. The number of phenolic OH excluding ortho intramolecular Hbond substituents is 1. The normalized spacial score (nSPS) is 12.4. The molecule has 22 heteroatoms. The summed E-state index contributed by atoms with van der Waals surface area (Å²) >= 11 is 0. The van der Waals surface area contributed by atoms with E-state index in [0.717, 1.165) is 55.0 Å². The van der Waals surface area contributed by atoms with Crippen LogP contribution in [-0.4, -0.2) is 64.8 Å². The Balaban J connectivity index is 1.42. The monoisotopic (exact) mass is 825 g/mol. The van der Waals surface area contributed by atoms with E-state index in [1.54, 1.807) is 18.2 Å². The molecule has 0 radical (unpaired) electrons. The minimum absolute atomic E-state index is 0.0152. The van der Waals surface area contributed by atoms with Crippen molar-refractivity contribution in [2.45, 2.75) is 40.9 Å². The zero-order valence-corrected chi connectivity index (χ0v) is 31.1. The first kappa shape index (κ1) is 39.6. The first-order valence-corrected chi connectivity index (χ1v) is 20.4. The number of benzene rings is 5. The fourth-order valence-electron chi connectivity index (χ4n) is 5.67. The van der Waals surface area contributed by atoms with Gasteiger partial charge in [0.2, 0.25) is 11.9 Å². The number of azo groups is 1. The molecule has 0 amide bonds. The van der Waals surface area contributed by atoms with Crippen LogP contribution in [-0.2, 0) is 30.4 Å². The van der Waals surface area contributed by atoms with Gasteiger partial charge in [-0.15, -0.1) is 10.2 Å². The summed E-state index contributed by atoms with van der Waals surface area (Å²) in [5.41, 5.74) is -0.437. The Morgan fingerprint density at radius 2 is 1.43 bits per heavy atom. The van der Waals surface area contributed by atoms with Crippen molar-refractivity contribution in [2.24, 2.45) is 10.2 Å². The fourth-order valence-corrected chi connectivity index (χ4v) is 7.75. The molecule has 0 aliphatic carbocycles. The molecule has 0 saturated carbocycles. The third kappa shape index (κ3) is 8.59. The molecule has 1 heterocycles. The van der Waals surface area contributed by atoms with Crippen LogP contribution in [0.25, 0.3) is 21.5 Å². The number of nitrogens with zero attached hydrogens (tertiary/aromatic N) is 5. The standard InChI is InChI=1S/C34H28FN7O11S3/c1-2-3-9-27(43)18-6-4-7-20(15-18)36-33-38-32(35)39-34(40-33)37-26-17-21(54(45,46)47)16-19-11-13-24(30(44)29(19)26)41-42-25-14-12-22-23(31(25)56(51,52)53)8-5-10-28(22)55(48,49)50/h4-8,10-17,44H,2-3,9H2,1H3,(H,45,46,47)(H,48,49,50)(H,51,52,53)(H2,36,37,38,39,40). The van der Waals surface area contributed by atoms with Crippen molar-refractivity contribution in [3.63, 3.8) is 0 Å². The lowest BCUT2D eigenvalue weighted by molar-refractivity contribution is 0.0979. The molecule has 0 saturated heterocycles. The molecule has 0 aliphatic heterocycles. The predicted molar refractivity (Wildman–Crippen MR) is 200 cm³/mol. The van der Waals surface area contributed by atoms with Crippen molar-refractivity contribution < 1.29 is 53.2 Å². The van der Waals surface area contributed by atoms with Crippen molar-refractivity contribution in [3.05, 3.63) is 90.5 Å². The molecule has 5 aromatic carbocycles. The lowest BCUT2D eigenvalue weighted by atomic mass is 10.1. The minimum atomic E-state index is -5.12.